The first-order valence-corrected chi connectivity index (χ1v) is 35.5. The van der Waals surface area contributed by atoms with E-state index in [1.165, 1.54) is 84.1 Å². The van der Waals surface area contributed by atoms with Gasteiger partial charge in [0.25, 0.3) is 0 Å². The second-order valence-electron chi connectivity index (χ2n) is 26.2. The maximum Gasteiger partial charge on any atom is 0.330 e. The van der Waals surface area contributed by atoms with Crippen molar-refractivity contribution in [1.29, 1.82) is 0 Å². The van der Waals surface area contributed by atoms with E-state index in [4.69, 9.17) is 105 Å². The molecule has 15 N–H and O–H groups in total. The van der Waals surface area contributed by atoms with Crippen molar-refractivity contribution < 1.29 is 171 Å². The number of aliphatic hydroxyl groups excluding tert-OH is 12. The molecule has 626 valence electrons. The van der Waals surface area contributed by atoms with Gasteiger partial charge in [0.15, 0.2) is 17.8 Å². The zero-order valence-corrected chi connectivity index (χ0v) is 62.9. The van der Waals surface area contributed by atoms with Crippen molar-refractivity contribution in [2.45, 2.75) is 123 Å². The minimum atomic E-state index is -1.98. The van der Waals surface area contributed by atoms with Crippen molar-refractivity contribution in [2.75, 3.05) is 76.2 Å². The molecule has 6 aromatic carbocycles. The summed E-state index contributed by atoms with van der Waals surface area (Å²) < 4.78 is 102. The first kappa shape index (κ1) is 87.8. The van der Waals surface area contributed by atoms with E-state index in [-0.39, 0.29) is 63.2 Å². The summed E-state index contributed by atoms with van der Waals surface area (Å²) in [5, 5.41) is 146. The molecule has 4 aliphatic rings. The predicted octanol–water partition coefficient (Wildman–Crippen LogP) is 0.877. The molecule has 20 atom stereocenters. The second kappa shape index (κ2) is 39.8. The maximum absolute atomic E-state index is 14.3. The first-order valence-electron chi connectivity index (χ1n) is 35.5. The predicted molar refractivity (Wildman–Crippen MR) is 399 cm³/mol. The van der Waals surface area contributed by atoms with Gasteiger partial charge >= 0.3 is 11.9 Å². The summed E-state index contributed by atoms with van der Waals surface area (Å²) in [4.78, 5) is 53.3. The molecule has 8 aromatic rings. The molecule has 2 aromatic heterocycles. The highest BCUT2D eigenvalue weighted by atomic mass is 16.7. The lowest BCUT2D eigenvalue weighted by Gasteiger charge is -2.44. The Morgan fingerprint density at radius 1 is 0.397 bits per heavy atom. The first-order chi connectivity index (χ1) is 55.6. The largest absolute Gasteiger partial charge is 0.508 e. The number of hydrogen-bond acceptors (Lipinski definition) is 37. The number of ether oxygens (including phenoxy) is 16. The van der Waals surface area contributed by atoms with Crippen LogP contribution in [0, 0.1) is 0 Å². The molecule has 0 radical (unpaired) electrons. The number of fused-ring (bicyclic) bond motifs is 2. The number of carbonyl (C=O) groups excluding carboxylic acids is 2. The SMILES string of the molecule is COc1ccc(/C=C/C(=O)OCC2O[C@@H](Oc3c(-c4ccc(OC)cc4)oc4cc(OC)cc(OC)c4c3=O)C(OC)C(OC)[C@@H]2OC)cc1.O=C(/C=C/c1ccc(O)cc1)OCC1O[C@@H](Oc2c(-c3ccc(O[C@@H]4OC(CO)[C@@H](O)C(O)C4O)cc3)oc3cc(O)cc(O)c3c2=O)C(O)C(O)[C@@H]1O.OCC1O[C@@H](O)C(O)[C@@H](O)[C@@H]1O. The van der Waals surface area contributed by atoms with Crippen molar-refractivity contribution in [2.24, 2.45) is 0 Å². The van der Waals surface area contributed by atoms with E-state index in [1.807, 2.05) is 0 Å². The summed E-state index contributed by atoms with van der Waals surface area (Å²) >= 11 is 0. The fourth-order valence-electron chi connectivity index (χ4n) is 12.5. The van der Waals surface area contributed by atoms with Crippen LogP contribution in [0.2, 0.25) is 0 Å². The van der Waals surface area contributed by atoms with Gasteiger partial charge in [0, 0.05) is 68.9 Å². The van der Waals surface area contributed by atoms with Gasteiger partial charge < -0.3 is 161 Å². The zero-order chi connectivity index (χ0) is 83.9. The third-order valence-corrected chi connectivity index (χ3v) is 18.9. The molecule has 116 heavy (non-hydrogen) atoms. The van der Waals surface area contributed by atoms with Crippen LogP contribution in [0.1, 0.15) is 11.1 Å². The van der Waals surface area contributed by atoms with E-state index in [1.54, 1.807) is 93.1 Å². The van der Waals surface area contributed by atoms with Crippen LogP contribution in [-0.4, -0.2) is 288 Å². The minimum absolute atomic E-state index is 0.0259. The number of esters is 2. The molecule has 0 spiro atoms. The van der Waals surface area contributed by atoms with Gasteiger partial charge in [0.1, 0.15) is 179 Å². The van der Waals surface area contributed by atoms with Crippen LogP contribution in [0.15, 0.2) is 152 Å². The van der Waals surface area contributed by atoms with E-state index in [0.717, 1.165) is 23.8 Å². The Morgan fingerprint density at radius 3 is 1.34 bits per heavy atom. The lowest BCUT2D eigenvalue weighted by atomic mass is 9.98. The van der Waals surface area contributed by atoms with Crippen LogP contribution in [-0.2, 0) is 52.2 Å². The highest BCUT2D eigenvalue weighted by Crippen LogP contribution is 2.42. The quantitative estimate of drug-likeness (QED) is 0.0279. The molecule has 11 unspecified atom stereocenters. The highest BCUT2D eigenvalue weighted by Gasteiger charge is 2.51. The summed E-state index contributed by atoms with van der Waals surface area (Å²) in [6.07, 6.45) is -23.0. The highest BCUT2D eigenvalue weighted by molar-refractivity contribution is 5.90. The molecule has 4 saturated heterocycles. The Kier molecular flexibility index (Phi) is 30.1. The summed E-state index contributed by atoms with van der Waals surface area (Å²) in [6, 6.07) is 30.4. The summed E-state index contributed by atoms with van der Waals surface area (Å²) in [5.74, 6) is -1.69. The maximum atomic E-state index is 14.3. The molecule has 12 rings (SSSR count). The van der Waals surface area contributed by atoms with Gasteiger partial charge in [-0.15, -0.1) is 0 Å². The van der Waals surface area contributed by atoms with Crippen LogP contribution < -0.4 is 44.0 Å². The van der Waals surface area contributed by atoms with E-state index < -0.39 is 188 Å². The van der Waals surface area contributed by atoms with Gasteiger partial charge in [-0.05, 0) is 96.1 Å². The van der Waals surface area contributed by atoms with Gasteiger partial charge in [0.2, 0.25) is 41.2 Å². The van der Waals surface area contributed by atoms with Crippen molar-refractivity contribution in [3.8, 4) is 80.1 Å². The number of carbonyl (C=O) groups is 2. The fourth-order valence-corrected chi connectivity index (χ4v) is 12.5. The molecule has 0 saturated carbocycles. The van der Waals surface area contributed by atoms with E-state index in [0.29, 0.717) is 28.4 Å². The lowest BCUT2D eigenvalue weighted by molar-refractivity contribution is -0.292. The van der Waals surface area contributed by atoms with Gasteiger partial charge in [0.05, 0.1) is 41.7 Å². The molecule has 4 fully saturated rings. The molecular weight excluding hydrogens is 1540 g/mol. The number of benzene rings is 6. The number of hydrogen-bond donors (Lipinski definition) is 15. The zero-order valence-electron chi connectivity index (χ0n) is 62.9. The monoisotopic (exact) mass is 1630 g/mol. The van der Waals surface area contributed by atoms with Crippen LogP contribution >= 0.6 is 0 Å². The van der Waals surface area contributed by atoms with Crippen LogP contribution in [0.5, 0.6) is 57.5 Å². The van der Waals surface area contributed by atoms with Crippen molar-refractivity contribution in [1.82, 2.24) is 0 Å². The summed E-state index contributed by atoms with van der Waals surface area (Å²) in [7, 11) is 10.5. The molecule has 37 heteroatoms. The number of aliphatic hydroxyl groups is 12. The smallest absolute Gasteiger partial charge is 0.330 e. The normalized spacial score (nSPS) is 27.2. The lowest BCUT2D eigenvalue weighted by Crippen LogP contribution is -2.62. The van der Waals surface area contributed by atoms with Crippen LogP contribution in [0.25, 0.3) is 56.7 Å². The number of rotatable bonds is 25. The Hall–Kier alpha value is -10.6. The Labute approximate surface area is 658 Å². The summed E-state index contributed by atoms with van der Waals surface area (Å²) in [6.45, 7) is -2.08. The van der Waals surface area contributed by atoms with Crippen molar-refractivity contribution >= 4 is 46.0 Å². The molecular formula is C79H88O37. The van der Waals surface area contributed by atoms with Crippen molar-refractivity contribution in [3.63, 3.8) is 0 Å². The molecule has 6 heterocycles. The molecule has 4 aliphatic heterocycles. The number of aromatic hydroxyl groups is 3. The average molecular weight is 1630 g/mol. The second-order valence-corrected chi connectivity index (χ2v) is 26.2. The van der Waals surface area contributed by atoms with Crippen LogP contribution in [0.4, 0.5) is 0 Å². The van der Waals surface area contributed by atoms with Gasteiger partial charge in [-0.3, -0.25) is 9.59 Å². The third kappa shape index (κ3) is 20.2. The Morgan fingerprint density at radius 2 is 0.828 bits per heavy atom. The molecule has 0 bridgehead atoms. The van der Waals surface area contributed by atoms with E-state index >= 15 is 0 Å². The minimum Gasteiger partial charge on any atom is -0.508 e. The van der Waals surface area contributed by atoms with Gasteiger partial charge in [-0.1, -0.05) is 24.3 Å². The standard InChI is InChI=1S/C37H40O13.C36H36O18.C6H12O6/c1-40-23-13-8-21(9-14-23)10-17-29(38)47-20-28-33(44-5)35(45-6)36(46-7)37(49-28)50-34-31(39)30-26(43-4)18-25(42-3)19-27(30)48-32(34)22-11-15-24(41-2)16-12-22;37-13-22-26(42)29(45)31(47)35(52-22)50-19-8-4-16(5-9-19)33-34(28(44)25-20(40)11-18(39)12-21(25)51-33)54-36-32(48)30(46)27(43)23(53-36)14-49-24(41)10-3-15-1-6-17(38)7-2-15;7-1-2-3(8)4(9)5(10)6(11)12-2/h8-19,28,33,35-37H,20H2,1-7H3;1-12,22-23,26-27,29-32,35-40,42-43,45-48H,13-14H2;2-11H,1H2/b17-10+;10-3+;/t28?,33-,35?,36?,37+;22?,23?,26-,27-,29?,30?,31?,32?,35-,36+;2?,3-,4+,5?,6-/m111/s1. The van der Waals surface area contributed by atoms with E-state index in [9.17, 15) is 70.2 Å². The van der Waals surface area contributed by atoms with Crippen molar-refractivity contribution in [3.05, 3.63) is 165 Å². The number of phenols is 3. The molecule has 0 amide bonds. The topological polar surface area (TPSA) is 546 Å². The Bertz CT molecular complexity index is 4760. The molecule has 0 aliphatic carbocycles. The number of methoxy groups -OCH3 is 7. The van der Waals surface area contributed by atoms with Gasteiger partial charge in [-0.25, -0.2) is 9.59 Å². The van der Waals surface area contributed by atoms with Crippen LogP contribution in [0.3, 0.4) is 0 Å². The summed E-state index contributed by atoms with van der Waals surface area (Å²) in [5.41, 5.74) is 0.329. The third-order valence-electron chi connectivity index (χ3n) is 18.9. The fraction of sp³-hybridized carbons (Fsp3) is 0.392. The number of phenolic OH excluding ortho intramolecular Hbond substituents is 3. The Balaban J connectivity index is 0.000000214. The van der Waals surface area contributed by atoms with E-state index in [2.05, 4.69) is 4.74 Å². The average Bonchev–Trinajstić information content (AvgIpc) is 0.743. The molecule has 37 nitrogen and oxygen atoms in total. The van der Waals surface area contributed by atoms with Gasteiger partial charge in [-0.2, -0.15) is 0 Å².